The summed E-state index contributed by atoms with van der Waals surface area (Å²) in [6, 6.07) is 0. The second-order valence-electron chi connectivity index (χ2n) is 4.59. The normalized spacial score (nSPS) is 33.7. The van der Waals surface area contributed by atoms with Gasteiger partial charge in [-0.05, 0) is 0 Å². The van der Waals surface area contributed by atoms with Crippen LogP contribution >= 0.6 is 23.5 Å². The molecule has 1 saturated carbocycles. The third kappa shape index (κ3) is 9.91. The molecule has 0 aromatic heterocycles. The van der Waals surface area contributed by atoms with Gasteiger partial charge in [0.25, 0.3) is 7.82 Å². The minimum Gasteiger partial charge on any atom is -0.790 e. The van der Waals surface area contributed by atoms with Crippen LogP contribution in [0.15, 0.2) is 0 Å². The summed E-state index contributed by atoms with van der Waals surface area (Å²) in [6.07, 6.45) is -15.0. The number of aliphatic hydroxyl groups is 3. The van der Waals surface area contributed by atoms with Crippen molar-refractivity contribution in [1.29, 1.82) is 0 Å². The molecule has 1 unspecified atom stereocenters. The molecule has 168 valence electrons. The standard InChI is InChI=1S/C6H15O15P3.3H3N/c7-1-2(8)5(20-23(13,14)15)6(21-24(16,17)18)3(9)4(1)19-22(10,11)12;;;/h1-9H,(H2,10,11,12)(H2,13,14,15)(H2,16,17,18);3*1H3/t1-,2+,3+,4-,5-,6-;;;/m1.../s1. The molecule has 0 aliphatic heterocycles. The van der Waals surface area contributed by atoms with Gasteiger partial charge in [-0.15, -0.1) is 0 Å². The lowest BCUT2D eigenvalue weighted by Crippen LogP contribution is -2.65. The summed E-state index contributed by atoms with van der Waals surface area (Å²) in [7, 11) is -17.0. The molecular formula is C6H24N3O15P3. The van der Waals surface area contributed by atoms with Gasteiger partial charge in [-0.1, -0.05) is 0 Å². The Bertz CT molecular complexity index is 587. The number of quaternary nitrogens is 3. The first-order valence-corrected chi connectivity index (χ1v) is 10.2. The zero-order valence-electron chi connectivity index (χ0n) is 14.2. The first kappa shape index (κ1) is 31.8. The quantitative estimate of drug-likeness (QED) is 0.165. The van der Waals surface area contributed by atoms with E-state index in [0.29, 0.717) is 0 Å². The number of aliphatic hydroxyl groups excluding tert-OH is 3. The van der Waals surface area contributed by atoms with Gasteiger partial charge in [0.1, 0.15) is 36.6 Å². The van der Waals surface area contributed by atoms with Gasteiger partial charge >= 0.3 is 7.82 Å². The van der Waals surface area contributed by atoms with E-state index < -0.39 is 60.1 Å². The Morgan fingerprint density at radius 3 is 1.33 bits per heavy atom. The van der Waals surface area contributed by atoms with Crippen molar-refractivity contribution in [1.82, 2.24) is 18.5 Å². The Morgan fingerprint density at radius 1 is 0.630 bits per heavy atom. The summed E-state index contributed by atoms with van der Waals surface area (Å²) >= 11 is 0. The molecule has 0 spiro atoms. The minimum absolute atomic E-state index is 0. The van der Waals surface area contributed by atoms with Crippen molar-refractivity contribution in [2.75, 3.05) is 0 Å². The third-order valence-electron chi connectivity index (χ3n) is 2.78. The molecule has 7 atom stereocenters. The van der Waals surface area contributed by atoms with Crippen LogP contribution in [0.1, 0.15) is 0 Å². The Balaban J connectivity index is -0.00000192. The summed E-state index contributed by atoms with van der Waals surface area (Å²) in [5.41, 5.74) is 0. The first-order chi connectivity index (χ1) is 10.5. The van der Waals surface area contributed by atoms with Crippen LogP contribution < -0.4 is 33.1 Å². The fourth-order valence-electron chi connectivity index (χ4n) is 2.00. The Labute approximate surface area is 151 Å². The van der Waals surface area contributed by atoms with Gasteiger partial charge in [-0.25, -0.2) is 4.57 Å². The average Bonchev–Trinajstić information content (AvgIpc) is 2.32. The van der Waals surface area contributed by atoms with Crippen molar-refractivity contribution in [3.8, 4) is 0 Å². The second-order valence-corrected chi connectivity index (χ2v) is 8.03. The van der Waals surface area contributed by atoms with Crippen LogP contribution in [0.25, 0.3) is 0 Å². The Hall–Kier alpha value is 0.0900. The van der Waals surface area contributed by atoms with E-state index in [2.05, 4.69) is 13.6 Å². The van der Waals surface area contributed by atoms with Crippen molar-refractivity contribution < 1.29 is 71.9 Å². The highest BCUT2D eigenvalue weighted by molar-refractivity contribution is 7.46. The maximum Gasteiger partial charge on any atom is 0.470 e. The molecule has 0 heterocycles. The molecule has 1 rings (SSSR count). The van der Waals surface area contributed by atoms with Crippen molar-refractivity contribution >= 4 is 23.5 Å². The van der Waals surface area contributed by atoms with Gasteiger partial charge in [0.15, 0.2) is 0 Å². The fourth-order valence-corrected chi connectivity index (χ4v) is 3.66. The number of hydrogen-bond acceptors (Lipinski definition) is 12. The molecule has 0 bridgehead atoms. The Morgan fingerprint density at radius 2 is 1.00 bits per heavy atom. The van der Waals surface area contributed by atoms with Crippen LogP contribution in [-0.4, -0.2) is 66.6 Å². The van der Waals surface area contributed by atoms with Gasteiger partial charge in [-0.3, -0.25) is 9.09 Å². The topological polar surface area (TPSA) is 379 Å². The van der Waals surface area contributed by atoms with Gasteiger partial charge < -0.3 is 76.7 Å². The monoisotopic (exact) mass is 471 g/mol. The van der Waals surface area contributed by atoms with Crippen LogP contribution in [0.4, 0.5) is 0 Å². The van der Waals surface area contributed by atoms with Crippen LogP contribution in [0.3, 0.4) is 0 Å². The molecule has 1 aliphatic rings. The average molecular weight is 471 g/mol. The first-order valence-electron chi connectivity index (χ1n) is 5.72. The molecule has 27 heavy (non-hydrogen) atoms. The highest BCUT2D eigenvalue weighted by Gasteiger charge is 2.54. The summed E-state index contributed by atoms with van der Waals surface area (Å²) in [5, 5.41) is 29.1. The molecule has 0 radical (unpaired) electrons. The van der Waals surface area contributed by atoms with E-state index in [1.54, 1.807) is 0 Å². The number of hydrogen-bond donors (Lipinski definition) is 9. The van der Waals surface area contributed by atoms with E-state index in [0.717, 1.165) is 0 Å². The summed E-state index contributed by atoms with van der Waals surface area (Å²) < 4.78 is 43.9. The summed E-state index contributed by atoms with van der Waals surface area (Å²) in [4.78, 5) is 58.0. The highest BCUT2D eigenvalue weighted by Crippen LogP contribution is 2.46. The van der Waals surface area contributed by atoms with Crippen molar-refractivity contribution in [3.63, 3.8) is 0 Å². The molecular weight excluding hydrogens is 447 g/mol. The molecule has 18 N–H and O–H groups in total. The smallest absolute Gasteiger partial charge is 0.470 e. The molecule has 0 saturated heterocycles. The van der Waals surface area contributed by atoms with Crippen LogP contribution in [0.5, 0.6) is 0 Å². The molecule has 0 amide bonds. The molecule has 0 aromatic carbocycles. The Kier molecular flexibility index (Phi) is 12.6. The second kappa shape index (κ2) is 10.7. The lowest BCUT2D eigenvalue weighted by atomic mass is 9.85. The van der Waals surface area contributed by atoms with E-state index in [4.69, 9.17) is 14.7 Å². The SMILES string of the molecule is O=P([O-])([O-])O[C@@H]1[C@H](O)[C@H](O)[C@@H](OP(=O)([O-])O)[C@H](OP(=O)(O)O)[C@H]1O.[NH4+].[NH4+].[NH4+]. The van der Waals surface area contributed by atoms with Crippen LogP contribution in [0.2, 0.25) is 0 Å². The maximum absolute atomic E-state index is 10.9. The van der Waals surface area contributed by atoms with E-state index in [9.17, 15) is 43.7 Å². The van der Waals surface area contributed by atoms with Crippen molar-refractivity contribution in [2.45, 2.75) is 36.6 Å². The van der Waals surface area contributed by atoms with E-state index in [-0.39, 0.29) is 18.5 Å². The predicted octanol–water partition coefficient (Wildman–Crippen LogP) is -4.25. The van der Waals surface area contributed by atoms with Gasteiger partial charge in [0.05, 0.1) is 7.82 Å². The molecule has 1 fully saturated rings. The zero-order chi connectivity index (χ0) is 19.1. The zero-order valence-corrected chi connectivity index (χ0v) is 16.8. The third-order valence-corrected chi connectivity index (χ3v) is 4.31. The minimum atomic E-state index is -5.86. The summed E-state index contributed by atoms with van der Waals surface area (Å²) in [6.45, 7) is 0. The predicted molar refractivity (Wildman–Crippen MR) is 80.1 cm³/mol. The highest BCUT2D eigenvalue weighted by atomic mass is 31.2. The van der Waals surface area contributed by atoms with Crippen molar-refractivity contribution in [3.05, 3.63) is 0 Å². The van der Waals surface area contributed by atoms with E-state index in [1.807, 2.05) is 0 Å². The van der Waals surface area contributed by atoms with Crippen LogP contribution in [0, 0.1) is 0 Å². The largest absolute Gasteiger partial charge is 0.790 e. The lowest BCUT2D eigenvalue weighted by molar-refractivity contribution is -0.353. The molecule has 21 heteroatoms. The van der Waals surface area contributed by atoms with Gasteiger partial charge in [0.2, 0.25) is 0 Å². The number of rotatable bonds is 6. The summed E-state index contributed by atoms with van der Waals surface area (Å²) in [5.74, 6) is 0. The number of phosphoric ester groups is 3. The molecule has 1 aliphatic carbocycles. The molecule has 0 aromatic rings. The fraction of sp³-hybridized carbons (Fsp3) is 1.00. The van der Waals surface area contributed by atoms with Crippen LogP contribution in [-0.2, 0) is 27.3 Å². The van der Waals surface area contributed by atoms with Gasteiger partial charge in [0, 0.05) is 0 Å². The van der Waals surface area contributed by atoms with E-state index >= 15 is 0 Å². The molecule has 18 nitrogen and oxygen atoms in total. The van der Waals surface area contributed by atoms with E-state index in [1.165, 1.54) is 0 Å². The number of phosphoric acid groups is 3. The van der Waals surface area contributed by atoms with Gasteiger partial charge in [-0.2, -0.15) is 0 Å². The van der Waals surface area contributed by atoms with Crippen molar-refractivity contribution in [2.24, 2.45) is 0 Å². The maximum atomic E-state index is 10.9. The lowest BCUT2D eigenvalue weighted by Gasteiger charge is -2.47.